The van der Waals surface area contributed by atoms with E-state index in [2.05, 4.69) is 4.90 Å². The molecular formula is C29H24ClN3O3. The third kappa shape index (κ3) is 3.65. The zero-order valence-corrected chi connectivity index (χ0v) is 20.7. The predicted octanol–water partition coefficient (Wildman–Crippen LogP) is 6.08. The lowest BCUT2D eigenvalue weighted by molar-refractivity contribution is 0.104. The average molecular weight is 498 g/mol. The summed E-state index contributed by atoms with van der Waals surface area (Å²) in [4.78, 5) is 15.9. The molecular weight excluding hydrogens is 474 g/mol. The largest absolute Gasteiger partial charge is 0.493 e. The second-order valence-corrected chi connectivity index (χ2v) is 9.30. The number of hydrogen-bond acceptors (Lipinski definition) is 6. The van der Waals surface area contributed by atoms with Crippen molar-refractivity contribution < 1.29 is 14.3 Å². The summed E-state index contributed by atoms with van der Waals surface area (Å²) in [6.07, 6.45) is 0.458. The van der Waals surface area contributed by atoms with Crippen molar-refractivity contribution in [3.63, 3.8) is 0 Å². The van der Waals surface area contributed by atoms with Gasteiger partial charge in [-0.3, -0.25) is 4.79 Å². The summed E-state index contributed by atoms with van der Waals surface area (Å²) < 4.78 is 11.1. The summed E-state index contributed by atoms with van der Waals surface area (Å²) >= 11 is 6.17. The molecule has 6 rings (SSSR count). The Morgan fingerprint density at radius 1 is 0.917 bits per heavy atom. The number of amidine groups is 1. The van der Waals surface area contributed by atoms with Crippen LogP contribution in [0, 0.1) is 0 Å². The average Bonchev–Trinajstić information content (AvgIpc) is 3.32. The van der Waals surface area contributed by atoms with Crippen molar-refractivity contribution in [2.75, 3.05) is 25.8 Å². The van der Waals surface area contributed by atoms with Crippen LogP contribution >= 0.6 is 11.6 Å². The minimum absolute atomic E-state index is 0.105. The highest BCUT2D eigenvalue weighted by Gasteiger charge is 2.43. The van der Waals surface area contributed by atoms with Crippen molar-refractivity contribution in [3.8, 4) is 11.5 Å². The molecule has 36 heavy (non-hydrogen) atoms. The molecule has 4 aromatic carbocycles. The van der Waals surface area contributed by atoms with E-state index in [4.69, 9.17) is 26.2 Å². The fourth-order valence-corrected chi connectivity index (χ4v) is 5.18. The van der Waals surface area contributed by atoms with Crippen molar-refractivity contribution in [3.05, 3.63) is 101 Å². The molecule has 0 aromatic heterocycles. The smallest absolute Gasteiger partial charge is 0.230 e. The van der Waals surface area contributed by atoms with Gasteiger partial charge in [-0.05, 0) is 65.2 Å². The number of hydrazone groups is 1. The van der Waals surface area contributed by atoms with E-state index in [1.54, 1.807) is 14.2 Å². The van der Waals surface area contributed by atoms with Crippen molar-refractivity contribution in [2.45, 2.75) is 12.6 Å². The maximum absolute atomic E-state index is 13.8. The highest BCUT2D eigenvalue weighted by Crippen LogP contribution is 2.44. The number of rotatable bonds is 5. The van der Waals surface area contributed by atoms with Crippen LogP contribution in [0.15, 0.2) is 84.0 Å². The van der Waals surface area contributed by atoms with Gasteiger partial charge in [0.1, 0.15) is 0 Å². The molecule has 2 aliphatic rings. The van der Waals surface area contributed by atoms with Crippen LogP contribution in [0.5, 0.6) is 11.5 Å². The number of benzene rings is 4. The summed E-state index contributed by atoms with van der Waals surface area (Å²) in [7, 11) is 3.26. The molecule has 1 atom stereocenters. The molecule has 0 unspecified atom stereocenters. The number of ketones is 1. The number of carbonyl (C=O) groups is 1. The molecule has 180 valence electrons. The van der Waals surface area contributed by atoms with Crippen LogP contribution in [0.1, 0.15) is 27.7 Å². The molecule has 0 aliphatic carbocycles. The molecule has 0 bridgehead atoms. The first kappa shape index (κ1) is 22.4. The Kier molecular flexibility index (Phi) is 5.53. The number of methoxy groups -OCH3 is 2. The number of fused-ring (bicyclic) bond motifs is 4. The van der Waals surface area contributed by atoms with Crippen LogP contribution in [-0.2, 0) is 6.42 Å². The Hall–Kier alpha value is -4.03. The topological polar surface area (TPSA) is 54.4 Å². The maximum atomic E-state index is 13.8. The number of Topliss-reactive ketones (excluding diaryl/α,β-unsaturated/α-hetero) is 1. The molecule has 2 aliphatic heterocycles. The van der Waals surface area contributed by atoms with Gasteiger partial charge in [0, 0.05) is 22.7 Å². The molecule has 4 aromatic rings. The second-order valence-electron chi connectivity index (χ2n) is 8.86. The van der Waals surface area contributed by atoms with E-state index < -0.39 is 0 Å². The predicted molar refractivity (Wildman–Crippen MR) is 142 cm³/mol. The molecule has 0 radical (unpaired) electrons. The SMILES string of the molecule is COc1cc2c(cc1OC)[C@@H]1N(CC2)C(C(=O)c2ccc3ccccc3c2)=NN1c1ccc(Cl)cc1. The quantitative estimate of drug-likeness (QED) is 0.313. The third-order valence-corrected chi connectivity index (χ3v) is 7.10. The number of nitrogens with zero attached hydrogens (tertiary/aromatic N) is 3. The van der Waals surface area contributed by atoms with E-state index in [1.165, 1.54) is 0 Å². The van der Waals surface area contributed by atoms with Crippen molar-refractivity contribution >= 4 is 39.7 Å². The minimum atomic E-state index is -0.297. The molecule has 2 heterocycles. The Morgan fingerprint density at radius 2 is 1.64 bits per heavy atom. The number of halogens is 1. The molecule has 0 N–H and O–H groups in total. The van der Waals surface area contributed by atoms with Crippen LogP contribution in [-0.4, -0.2) is 37.3 Å². The second kappa shape index (κ2) is 8.88. The molecule has 0 spiro atoms. The maximum Gasteiger partial charge on any atom is 0.230 e. The van der Waals surface area contributed by atoms with Crippen LogP contribution in [0.3, 0.4) is 0 Å². The lowest BCUT2D eigenvalue weighted by Crippen LogP contribution is -2.42. The summed E-state index contributed by atoms with van der Waals surface area (Å²) in [5.41, 5.74) is 3.63. The summed E-state index contributed by atoms with van der Waals surface area (Å²) in [6.45, 7) is 0.648. The molecule has 6 nitrogen and oxygen atoms in total. The molecule has 7 heteroatoms. The first-order valence-corrected chi connectivity index (χ1v) is 12.1. The van der Waals surface area contributed by atoms with Crippen LogP contribution in [0.4, 0.5) is 5.69 Å². The highest BCUT2D eigenvalue weighted by atomic mass is 35.5. The van der Waals surface area contributed by atoms with Gasteiger partial charge in [0.15, 0.2) is 23.5 Å². The molecule has 0 saturated heterocycles. The third-order valence-electron chi connectivity index (χ3n) is 6.85. The lowest BCUT2D eigenvalue weighted by Gasteiger charge is -2.37. The van der Waals surface area contributed by atoms with Gasteiger partial charge in [-0.25, -0.2) is 5.01 Å². The van der Waals surface area contributed by atoms with Gasteiger partial charge in [0.05, 0.1) is 19.9 Å². The lowest BCUT2D eigenvalue weighted by atomic mass is 9.94. The van der Waals surface area contributed by atoms with Crippen molar-refractivity contribution in [1.29, 1.82) is 0 Å². The molecule has 0 fully saturated rings. The van der Waals surface area contributed by atoms with Gasteiger partial charge < -0.3 is 14.4 Å². The van der Waals surface area contributed by atoms with E-state index in [0.29, 0.717) is 34.5 Å². The van der Waals surface area contributed by atoms with Crippen LogP contribution in [0.25, 0.3) is 10.8 Å². The first-order valence-electron chi connectivity index (χ1n) is 11.8. The van der Waals surface area contributed by atoms with Gasteiger partial charge >= 0.3 is 0 Å². The van der Waals surface area contributed by atoms with Gasteiger partial charge in [0.25, 0.3) is 0 Å². The van der Waals surface area contributed by atoms with Gasteiger partial charge in [-0.15, -0.1) is 5.10 Å². The van der Waals surface area contributed by atoms with E-state index >= 15 is 0 Å². The normalized spacial score (nSPS) is 16.4. The monoisotopic (exact) mass is 497 g/mol. The zero-order chi connectivity index (χ0) is 24.8. The minimum Gasteiger partial charge on any atom is -0.493 e. The van der Waals surface area contributed by atoms with E-state index in [9.17, 15) is 4.79 Å². The summed E-state index contributed by atoms with van der Waals surface area (Å²) in [6, 6.07) is 25.3. The van der Waals surface area contributed by atoms with Gasteiger partial charge in [-0.1, -0.05) is 48.0 Å². The zero-order valence-electron chi connectivity index (χ0n) is 19.9. The van der Waals surface area contributed by atoms with Crippen molar-refractivity contribution in [1.82, 2.24) is 4.90 Å². The number of hydrogen-bond donors (Lipinski definition) is 0. The van der Waals surface area contributed by atoms with E-state index in [0.717, 1.165) is 34.0 Å². The van der Waals surface area contributed by atoms with Crippen LogP contribution < -0.4 is 14.5 Å². The summed E-state index contributed by atoms with van der Waals surface area (Å²) in [5.74, 6) is 1.65. The standard InChI is InChI=1S/C29H24ClN3O3/c1-35-25-16-20-13-14-32-28(27(34)21-8-7-18-5-3-4-6-19(18)15-21)31-33(23-11-9-22(30)10-12-23)29(32)24(20)17-26(25)36-2/h3-12,15-17,29H,13-14H2,1-2H3/t29-/m1/s1. The highest BCUT2D eigenvalue weighted by molar-refractivity contribution is 6.46. The van der Waals surface area contributed by atoms with Gasteiger partial charge in [-0.2, -0.15) is 0 Å². The fourth-order valence-electron chi connectivity index (χ4n) is 5.05. The van der Waals surface area contributed by atoms with Crippen LogP contribution in [0.2, 0.25) is 5.02 Å². The Morgan fingerprint density at radius 3 is 2.39 bits per heavy atom. The Bertz CT molecular complexity index is 1520. The Labute approximate surface area is 214 Å². The first-order chi connectivity index (χ1) is 17.6. The van der Waals surface area contributed by atoms with E-state index in [1.807, 2.05) is 83.9 Å². The van der Waals surface area contributed by atoms with Crippen molar-refractivity contribution in [2.24, 2.45) is 5.10 Å². The molecule has 0 amide bonds. The van der Waals surface area contributed by atoms with Gasteiger partial charge in [0.2, 0.25) is 5.78 Å². The number of ether oxygens (including phenoxy) is 2. The van der Waals surface area contributed by atoms with E-state index in [-0.39, 0.29) is 11.9 Å². The molecule has 0 saturated carbocycles. The Balaban J connectivity index is 1.47. The summed E-state index contributed by atoms with van der Waals surface area (Å²) in [5, 5.41) is 9.55. The number of carbonyl (C=O) groups excluding carboxylic acids is 1. The fraction of sp³-hybridized carbons (Fsp3) is 0.172. The number of anilines is 1.